The number of anilines is 1. The number of halogens is 1. The highest BCUT2D eigenvalue weighted by Crippen LogP contribution is 2.21. The summed E-state index contributed by atoms with van der Waals surface area (Å²) in [4.78, 5) is 27.2. The van der Waals surface area contributed by atoms with Gasteiger partial charge in [0.05, 0.1) is 12.4 Å². The molecule has 2 N–H and O–H groups in total. The van der Waals surface area contributed by atoms with Gasteiger partial charge in [-0.05, 0) is 19.4 Å². The highest BCUT2D eigenvalue weighted by Gasteiger charge is 2.24. The number of hydrogen-bond donors (Lipinski definition) is 2. The van der Waals surface area contributed by atoms with E-state index in [4.69, 9.17) is 29.1 Å². The molecular formula is C23H33FN4O8S. The van der Waals surface area contributed by atoms with Crippen LogP contribution >= 0.6 is 0 Å². The Morgan fingerprint density at radius 3 is 2.24 bits per heavy atom. The minimum Gasteiger partial charge on any atom is -0.493 e. The van der Waals surface area contributed by atoms with Crippen LogP contribution in [0.1, 0.15) is 44.5 Å². The van der Waals surface area contributed by atoms with E-state index < -0.39 is 27.6 Å². The molecule has 2 heterocycles. The molecule has 1 unspecified atom stereocenters. The van der Waals surface area contributed by atoms with Crippen LogP contribution < -0.4 is 9.64 Å². The molecule has 0 amide bonds. The highest BCUT2D eigenvalue weighted by molar-refractivity contribution is 7.89. The van der Waals surface area contributed by atoms with Gasteiger partial charge in [0.1, 0.15) is 11.6 Å². The van der Waals surface area contributed by atoms with Crippen LogP contribution in [0.4, 0.5) is 10.4 Å². The van der Waals surface area contributed by atoms with E-state index in [9.17, 15) is 12.8 Å². The predicted molar refractivity (Wildman–Crippen MR) is 132 cm³/mol. The van der Waals surface area contributed by atoms with Crippen molar-refractivity contribution in [2.24, 2.45) is 0 Å². The first-order valence-corrected chi connectivity index (χ1v) is 13.7. The largest absolute Gasteiger partial charge is 0.493 e. The van der Waals surface area contributed by atoms with Crippen molar-refractivity contribution in [2.75, 3.05) is 43.9 Å². The third-order valence-electron chi connectivity index (χ3n) is 5.59. The van der Waals surface area contributed by atoms with Gasteiger partial charge in [0.25, 0.3) is 0 Å². The summed E-state index contributed by atoms with van der Waals surface area (Å²) in [6.45, 7) is 10.1. The van der Waals surface area contributed by atoms with E-state index >= 15 is 0 Å². The van der Waals surface area contributed by atoms with Gasteiger partial charge < -0.3 is 24.4 Å². The lowest BCUT2D eigenvalue weighted by Crippen LogP contribution is -2.50. The Hall–Kier alpha value is -3.26. The van der Waals surface area contributed by atoms with Crippen molar-refractivity contribution in [1.29, 1.82) is 0 Å². The van der Waals surface area contributed by atoms with E-state index in [1.54, 1.807) is 6.07 Å². The molecule has 0 saturated carbocycles. The fraction of sp³-hybridized carbons (Fsp3) is 0.565. The van der Waals surface area contributed by atoms with Gasteiger partial charge in [0.15, 0.2) is 15.7 Å². The molecule has 37 heavy (non-hydrogen) atoms. The van der Waals surface area contributed by atoms with Crippen LogP contribution in [-0.2, 0) is 25.2 Å². The van der Waals surface area contributed by atoms with Crippen molar-refractivity contribution in [2.45, 2.75) is 44.9 Å². The van der Waals surface area contributed by atoms with E-state index in [-0.39, 0.29) is 17.2 Å². The molecule has 2 aromatic rings. The molecule has 206 valence electrons. The Kier molecular flexibility index (Phi) is 10.8. The van der Waals surface area contributed by atoms with Crippen molar-refractivity contribution < 1.29 is 41.9 Å². The number of carboxylic acids is 2. The number of benzene rings is 1. The van der Waals surface area contributed by atoms with Gasteiger partial charge in [-0.3, -0.25) is 4.90 Å². The molecule has 0 bridgehead atoms. The molecule has 1 aromatic carbocycles. The van der Waals surface area contributed by atoms with E-state index in [2.05, 4.69) is 26.9 Å². The number of sulfone groups is 1. The molecule has 12 nitrogen and oxygen atoms in total. The van der Waals surface area contributed by atoms with Crippen molar-refractivity contribution in [3.63, 3.8) is 0 Å². The van der Waals surface area contributed by atoms with Crippen molar-refractivity contribution in [3.05, 3.63) is 35.4 Å². The highest BCUT2D eigenvalue weighted by atomic mass is 32.2. The maximum absolute atomic E-state index is 14.1. The Balaban J connectivity index is 0.000000717. The van der Waals surface area contributed by atoms with E-state index in [1.165, 1.54) is 12.1 Å². The van der Waals surface area contributed by atoms with Crippen molar-refractivity contribution in [3.8, 4) is 5.75 Å². The summed E-state index contributed by atoms with van der Waals surface area (Å²) in [6, 6.07) is 5.23. The summed E-state index contributed by atoms with van der Waals surface area (Å²) in [7, 11) is -3.28. The Bertz CT molecular complexity index is 1150. The summed E-state index contributed by atoms with van der Waals surface area (Å²) >= 11 is 0. The topological polar surface area (TPSA) is 163 Å². The molecule has 1 atom stereocenters. The normalized spacial score (nSPS) is 15.1. The van der Waals surface area contributed by atoms with Crippen LogP contribution in [0.3, 0.4) is 0 Å². The molecule has 1 aliphatic rings. The summed E-state index contributed by atoms with van der Waals surface area (Å²) < 4.78 is 47.9. The molecule has 14 heteroatoms. The second-order valence-corrected chi connectivity index (χ2v) is 11.2. The summed E-state index contributed by atoms with van der Waals surface area (Å²) in [5.74, 6) is -3.15. The average Bonchev–Trinajstić information content (AvgIpc) is 3.31. The number of aromatic nitrogens is 2. The van der Waals surface area contributed by atoms with Crippen LogP contribution in [0.25, 0.3) is 0 Å². The first-order valence-electron chi connectivity index (χ1n) is 11.6. The van der Waals surface area contributed by atoms with Crippen LogP contribution in [0.5, 0.6) is 5.75 Å². The monoisotopic (exact) mass is 544 g/mol. The Morgan fingerprint density at radius 1 is 1.14 bits per heavy atom. The zero-order valence-electron chi connectivity index (χ0n) is 21.3. The maximum Gasteiger partial charge on any atom is 0.414 e. The molecule has 1 aromatic heterocycles. The summed E-state index contributed by atoms with van der Waals surface area (Å²) in [5, 5.41) is 18.8. The molecule has 1 aliphatic heterocycles. The Morgan fingerprint density at radius 2 is 1.76 bits per heavy atom. The lowest BCUT2D eigenvalue weighted by atomic mass is 10.2. The van der Waals surface area contributed by atoms with E-state index in [0.29, 0.717) is 24.4 Å². The van der Waals surface area contributed by atoms with Gasteiger partial charge in [0.2, 0.25) is 0 Å². The lowest BCUT2D eigenvalue weighted by Gasteiger charge is -2.37. The number of nitrogens with zero attached hydrogens (tertiary/aromatic N) is 4. The number of carboxylic acid groups (broad SMARTS) is 2. The minimum absolute atomic E-state index is 0.155. The molecular weight excluding hydrogens is 511 g/mol. The predicted octanol–water partition coefficient (Wildman–Crippen LogP) is 2.01. The van der Waals surface area contributed by atoms with Gasteiger partial charge in [-0.1, -0.05) is 25.1 Å². The van der Waals surface area contributed by atoms with Crippen molar-refractivity contribution in [1.82, 2.24) is 15.0 Å². The second kappa shape index (κ2) is 13.3. The van der Waals surface area contributed by atoms with Gasteiger partial charge >= 0.3 is 18.0 Å². The zero-order chi connectivity index (χ0) is 27.8. The number of hydrogen-bond acceptors (Lipinski definition) is 10. The molecule has 0 aliphatic carbocycles. The number of aliphatic carboxylic acids is 2. The quantitative estimate of drug-likeness (QED) is 0.442. The number of piperazine rings is 1. The summed E-state index contributed by atoms with van der Waals surface area (Å²) in [5.41, 5.74) is 0.155. The third kappa shape index (κ3) is 9.96. The third-order valence-corrected chi connectivity index (χ3v) is 6.42. The van der Waals surface area contributed by atoms with E-state index in [1.807, 2.05) is 13.8 Å². The van der Waals surface area contributed by atoms with Crippen molar-refractivity contribution >= 4 is 27.8 Å². The molecule has 3 rings (SSSR count). The number of carbonyl (C=O) groups is 2. The first-order chi connectivity index (χ1) is 17.3. The van der Waals surface area contributed by atoms with Gasteiger partial charge in [-0.2, -0.15) is 4.98 Å². The molecule has 0 radical (unpaired) electrons. The number of rotatable bonds is 9. The minimum atomic E-state index is -3.28. The number of ether oxygens (including phenoxy) is 1. The fourth-order valence-corrected chi connectivity index (χ4v) is 4.29. The molecule has 0 spiro atoms. The molecule has 1 fully saturated rings. The second-order valence-electron chi connectivity index (χ2n) is 9.03. The smallest absolute Gasteiger partial charge is 0.414 e. The average molecular weight is 545 g/mol. The fourth-order valence-electron chi connectivity index (χ4n) is 3.49. The maximum atomic E-state index is 14.1. The van der Waals surface area contributed by atoms with Crippen LogP contribution in [-0.4, -0.2) is 90.7 Å². The SMILES string of the molecule is CC(C)c1noc(N2CCN(C(C)CCOc3ccc(CS(C)(=O)=O)c(F)c3)CC2)n1.O=C(O)C(=O)O. The Labute approximate surface area is 214 Å². The lowest BCUT2D eigenvalue weighted by molar-refractivity contribution is -0.159. The molecule has 1 saturated heterocycles. The standard InChI is InChI=1S/C21H31FN4O4S.C2H2O4/c1-15(2)20-23-21(30-24-20)26-10-8-25(9-11-26)16(3)7-12-29-18-6-5-17(19(22)13-18)14-31(4,27)28;3-1(4)2(5)6/h5-6,13,15-16H,7-12,14H2,1-4H3;(H,3,4)(H,5,6). The van der Waals surface area contributed by atoms with Crippen LogP contribution in [0.15, 0.2) is 22.7 Å². The summed E-state index contributed by atoms with van der Waals surface area (Å²) in [6.07, 6.45) is 1.88. The van der Waals surface area contributed by atoms with Crippen LogP contribution in [0, 0.1) is 5.82 Å². The van der Waals surface area contributed by atoms with Gasteiger partial charge in [0, 0.05) is 56.0 Å². The van der Waals surface area contributed by atoms with Crippen LogP contribution in [0.2, 0.25) is 0 Å². The van der Waals surface area contributed by atoms with Gasteiger partial charge in [-0.25, -0.2) is 22.4 Å². The van der Waals surface area contributed by atoms with Gasteiger partial charge in [-0.15, -0.1) is 0 Å². The zero-order valence-corrected chi connectivity index (χ0v) is 22.1. The van der Waals surface area contributed by atoms with E-state index in [0.717, 1.165) is 44.7 Å². The first kappa shape index (κ1) is 30.0.